The van der Waals surface area contributed by atoms with Crippen LogP contribution in [0.1, 0.15) is 13.3 Å². The van der Waals surface area contributed by atoms with Gasteiger partial charge in [0.1, 0.15) is 5.84 Å². The Kier molecular flexibility index (Phi) is 4.44. The van der Waals surface area contributed by atoms with Crippen LogP contribution in [0.5, 0.6) is 0 Å². The van der Waals surface area contributed by atoms with Gasteiger partial charge in [-0.2, -0.15) is 0 Å². The minimum absolute atomic E-state index is 0.0554. The second-order valence-electron chi connectivity index (χ2n) is 5.87. The molecule has 130 valence electrons. The van der Waals surface area contributed by atoms with Gasteiger partial charge in [0.05, 0.1) is 11.3 Å². The van der Waals surface area contributed by atoms with E-state index in [0.717, 1.165) is 0 Å². The molecule has 0 saturated carbocycles. The molecule has 0 atom stereocenters. The van der Waals surface area contributed by atoms with Crippen LogP contribution in [0.15, 0.2) is 28.3 Å². The molecule has 0 radical (unpaired) electrons. The molecule has 3 rings (SSSR count). The highest BCUT2D eigenvalue weighted by atomic mass is 32.2. The van der Waals surface area contributed by atoms with E-state index in [-0.39, 0.29) is 17.6 Å². The molecule has 0 aromatic rings. The predicted octanol–water partition coefficient (Wildman–Crippen LogP) is -0.435. The molecule has 3 heterocycles. The zero-order chi connectivity index (χ0) is 17.3. The quantitative estimate of drug-likeness (QED) is 0.672. The normalized spacial score (nSPS) is 22.6. The maximum Gasteiger partial charge on any atom is 0.256 e. The van der Waals surface area contributed by atoms with Gasteiger partial charge in [0.2, 0.25) is 5.91 Å². The summed E-state index contributed by atoms with van der Waals surface area (Å²) >= 11 is 0. The van der Waals surface area contributed by atoms with Gasteiger partial charge in [-0.25, -0.2) is 8.42 Å². The largest absolute Gasteiger partial charge is 0.339 e. The topological polar surface area (TPSA) is 90.4 Å². The van der Waals surface area contributed by atoms with Gasteiger partial charge in [0.25, 0.3) is 15.9 Å². The Morgan fingerprint density at radius 3 is 2.42 bits per heavy atom. The molecule has 8 nitrogen and oxygen atoms in total. The van der Waals surface area contributed by atoms with Crippen LogP contribution in [-0.2, 0) is 19.6 Å². The Hall–Kier alpha value is -2.16. The van der Waals surface area contributed by atoms with Gasteiger partial charge < -0.3 is 14.7 Å². The summed E-state index contributed by atoms with van der Waals surface area (Å²) in [4.78, 5) is 29.5. The molecule has 0 N–H and O–H groups in total. The average Bonchev–Trinajstić information content (AvgIpc) is 2.59. The SMILES string of the molecule is CCC(=O)N1CCN(C(=O)C2=CN3CCS(=O)(=O)N=C3C=C2)CC1. The van der Waals surface area contributed by atoms with Crippen LogP contribution < -0.4 is 0 Å². The molecule has 0 bridgehead atoms. The number of amides is 2. The molecule has 1 saturated heterocycles. The van der Waals surface area contributed by atoms with Crippen molar-refractivity contribution >= 4 is 27.7 Å². The third-order valence-corrected chi connectivity index (χ3v) is 5.46. The second kappa shape index (κ2) is 6.39. The van der Waals surface area contributed by atoms with Gasteiger partial charge in [-0.1, -0.05) is 6.92 Å². The highest BCUT2D eigenvalue weighted by Crippen LogP contribution is 2.18. The van der Waals surface area contributed by atoms with Gasteiger partial charge in [-0.15, -0.1) is 4.40 Å². The molecule has 0 aromatic carbocycles. The number of carbonyl (C=O) groups excluding carboxylic acids is 2. The number of nitrogens with zero attached hydrogens (tertiary/aromatic N) is 4. The first-order valence-corrected chi connectivity index (χ1v) is 9.57. The molecule has 0 aromatic heterocycles. The van der Waals surface area contributed by atoms with Gasteiger partial charge >= 0.3 is 0 Å². The number of amidine groups is 1. The highest BCUT2D eigenvalue weighted by molar-refractivity contribution is 7.90. The molecule has 0 spiro atoms. The Bertz CT molecular complexity index is 745. The number of fused-ring (bicyclic) bond motifs is 1. The molecule has 3 aliphatic heterocycles. The summed E-state index contributed by atoms with van der Waals surface area (Å²) in [6.07, 6.45) is 5.28. The van der Waals surface area contributed by atoms with Crippen molar-refractivity contribution < 1.29 is 18.0 Å². The zero-order valence-corrected chi connectivity index (χ0v) is 14.3. The van der Waals surface area contributed by atoms with Crippen molar-refractivity contribution in [2.24, 2.45) is 4.40 Å². The summed E-state index contributed by atoms with van der Waals surface area (Å²) in [5.74, 6) is 0.285. The molecular formula is C15H20N4O4S. The number of sulfonamides is 1. The Labute approximate surface area is 141 Å². The van der Waals surface area contributed by atoms with Crippen molar-refractivity contribution in [3.05, 3.63) is 23.9 Å². The summed E-state index contributed by atoms with van der Waals surface area (Å²) in [6, 6.07) is 0. The highest BCUT2D eigenvalue weighted by Gasteiger charge is 2.28. The van der Waals surface area contributed by atoms with Crippen LogP contribution in [0.3, 0.4) is 0 Å². The van der Waals surface area contributed by atoms with E-state index < -0.39 is 10.0 Å². The van der Waals surface area contributed by atoms with Crippen molar-refractivity contribution in [3.63, 3.8) is 0 Å². The Morgan fingerprint density at radius 1 is 1.08 bits per heavy atom. The van der Waals surface area contributed by atoms with E-state index in [1.165, 1.54) is 0 Å². The van der Waals surface area contributed by atoms with Gasteiger partial charge in [-0.3, -0.25) is 9.59 Å². The Balaban J connectivity index is 1.66. The van der Waals surface area contributed by atoms with Crippen molar-refractivity contribution in [1.82, 2.24) is 14.7 Å². The van der Waals surface area contributed by atoms with E-state index in [9.17, 15) is 18.0 Å². The van der Waals surface area contributed by atoms with Crippen molar-refractivity contribution in [2.75, 3.05) is 38.5 Å². The first-order valence-electron chi connectivity index (χ1n) is 7.96. The van der Waals surface area contributed by atoms with E-state index in [4.69, 9.17) is 0 Å². The lowest BCUT2D eigenvalue weighted by Crippen LogP contribution is -2.51. The number of carbonyl (C=O) groups is 2. The van der Waals surface area contributed by atoms with Crippen LogP contribution in [0.4, 0.5) is 0 Å². The van der Waals surface area contributed by atoms with Crippen LogP contribution in [-0.4, -0.2) is 79.2 Å². The van der Waals surface area contributed by atoms with Crippen LogP contribution in [0.2, 0.25) is 0 Å². The van der Waals surface area contributed by atoms with Crippen molar-refractivity contribution in [2.45, 2.75) is 13.3 Å². The number of piperazine rings is 1. The Morgan fingerprint density at radius 2 is 1.75 bits per heavy atom. The fraction of sp³-hybridized carbons (Fsp3) is 0.533. The fourth-order valence-corrected chi connectivity index (χ4v) is 3.86. The smallest absolute Gasteiger partial charge is 0.256 e. The van der Waals surface area contributed by atoms with Gasteiger partial charge in [0, 0.05) is 45.3 Å². The third-order valence-electron chi connectivity index (χ3n) is 4.29. The van der Waals surface area contributed by atoms with E-state index in [2.05, 4.69) is 4.40 Å². The summed E-state index contributed by atoms with van der Waals surface area (Å²) < 4.78 is 26.7. The van der Waals surface area contributed by atoms with E-state index in [1.54, 1.807) is 33.1 Å². The lowest BCUT2D eigenvalue weighted by molar-refractivity contribution is -0.137. The second-order valence-corrected chi connectivity index (χ2v) is 7.63. The molecule has 1 fully saturated rings. The van der Waals surface area contributed by atoms with Crippen molar-refractivity contribution in [3.8, 4) is 0 Å². The van der Waals surface area contributed by atoms with E-state index in [0.29, 0.717) is 50.6 Å². The van der Waals surface area contributed by atoms with Crippen molar-refractivity contribution in [1.29, 1.82) is 0 Å². The third kappa shape index (κ3) is 3.35. The predicted molar refractivity (Wildman–Crippen MR) is 88.6 cm³/mol. The molecule has 0 aliphatic carbocycles. The fourth-order valence-electron chi connectivity index (χ4n) is 2.89. The maximum absolute atomic E-state index is 12.6. The average molecular weight is 352 g/mol. The molecule has 0 unspecified atom stereocenters. The summed E-state index contributed by atoms with van der Waals surface area (Å²) in [6.45, 7) is 4.22. The summed E-state index contributed by atoms with van der Waals surface area (Å²) in [5.41, 5.74) is 0.503. The first-order chi connectivity index (χ1) is 11.4. The molecular weight excluding hydrogens is 332 g/mol. The van der Waals surface area contributed by atoms with Crippen LogP contribution in [0.25, 0.3) is 0 Å². The number of hydrogen-bond acceptors (Lipinski definition) is 5. The molecule has 9 heteroatoms. The van der Waals surface area contributed by atoms with E-state index in [1.807, 2.05) is 6.92 Å². The van der Waals surface area contributed by atoms with Crippen LogP contribution in [0, 0.1) is 0 Å². The lowest BCUT2D eigenvalue weighted by Gasteiger charge is -2.35. The monoisotopic (exact) mass is 352 g/mol. The number of rotatable bonds is 2. The van der Waals surface area contributed by atoms with Crippen LogP contribution >= 0.6 is 0 Å². The van der Waals surface area contributed by atoms with Gasteiger partial charge in [0.15, 0.2) is 0 Å². The summed E-state index contributed by atoms with van der Waals surface area (Å²) in [5, 5.41) is 0. The minimum Gasteiger partial charge on any atom is -0.339 e. The first kappa shape index (κ1) is 16.7. The van der Waals surface area contributed by atoms with Gasteiger partial charge in [-0.05, 0) is 12.2 Å². The molecule has 24 heavy (non-hydrogen) atoms. The molecule has 3 aliphatic rings. The standard InChI is InChI=1S/C15H20N4O4S/c1-2-14(20)17-5-7-18(8-6-17)15(21)12-3-4-13-16-24(22,23)10-9-19(13)11-12/h3-4,11H,2,5-10H2,1H3. The number of hydrogen-bond donors (Lipinski definition) is 0. The van der Waals surface area contributed by atoms with E-state index >= 15 is 0 Å². The molecule has 2 amide bonds. The maximum atomic E-state index is 12.6. The lowest BCUT2D eigenvalue weighted by atomic mass is 10.1. The zero-order valence-electron chi connectivity index (χ0n) is 13.5. The summed E-state index contributed by atoms with van der Waals surface area (Å²) in [7, 11) is -3.40. The minimum atomic E-state index is -3.40.